The molecule has 1 saturated carbocycles. The van der Waals surface area contributed by atoms with E-state index in [9.17, 15) is 30.3 Å². The summed E-state index contributed by atoms with van der Waals surface area (Å²) in [6.45, 7) is 1.06. The van der Waals surface area contributed by atoms with Crippen molar-refractivity contribution < 1.29 is 49.3 Å². The molecule has 10 heteroatoms. The van der Waals surface area contributed by atoms with E-state index >= 15 is 0 Å². The number of hydrogen-bond acceptors (Lipinski definition) is 10. The Morgan fingerprint density at radius 3 is 2.56 bits per heavy atom. The van der Waals surface area contributed by atoms with Crippen LogP contribution < -0.4 is 0 Å². The number of esters is 1. The number of carbonyl (C=O) groups is 1. The van der Waals surface area contributed by atoms with Crippen LogP contribution in [0.15, 0.2) is 48.7 Å². The van der Waals surface area contributed by atoms with E-state index in [4.69, 9.17) is 18.9 Å². The molecular weight excluding hydrogens is 448 g/mol. The van der Waals surface area contributed by atoms with Crippen LogP contribution in [0.4, 0.5) is 0 Å². The Bertz CT molecular complexity index is 902. The highest BCUT2D eigenvalue weighted by Crippen LogP contribution is 2.49. The van der Waals surface area contributed by atoms with Crippen molar-refractivity contribution >= 4 is 12.0 Å². The maximum Gasteiger partial charge on any atom is 0.331 e. The summed E-state index contributed by atoms with van der Waals surface area (Å²) in [5.74, 6) is -1.76. The van der Waals surface area contributed by atoms with Crippen LogP contribution in [0.1, 0.15) is 18.9 Å². The monoisotopic (exact) mass is 478 g/mol. The van der Waals surface area contributed by atoms with E-state index < -0.39 is 73.1 Å². The van der Waals surface area contributed by atoms with Gasteiger partial charge < -0.3 is 44.5 Å². The number of fused-ring (bicyclic) bond motifs is 1. The van der Waals surface area contributed by atoms with Gasteiger partial charge in [-0.1, -0.05) is 30.3 Å². The fourth-order valence-corrected chi connectivity index (χ4v) is 4.88. The van der Waals surface area contributed by atoms with Crippen LogP contribution in [0.3, 0.4) is 0 Å². The smallest absolute Gasteiger partial charge is 0.331 e. The van der Waals surface area contributed by atoms with Crippen molar-refractivity contribution in [2.45, 2.75) is 62.0 Å². The van der Waals surface area contributed by atoms with Gasteiger partial charge in [0, 0.05) is 18.4 Å². The Kier molecular flexibility index (Phi) is 7.39. The highest BCUT2D eigenvalue weighted by atomic mass is 16.8. The minimum Gasteiger partial charge on any atom is -0.472 e. The first-order valence-electron chi connectivity index (χ1n) is 11.2. The summed E-state index contributed by atoms with van der Waals surface area (Å²) in [5, 5.41) is 50.5. The number of rotatable bonds is 6. The number of hydrogen-bond donors (Lipinski definition) is 5. The highest BCUT2D eigenvalue weighted by molar-refractivity contribution is 5.87. The molecule has 34 heavy (non-hydrogen) atoms. The van der Waals surface area contributed by atoms with Gasteiger partial charge in [-0.3, -0.25) is 0 Å². The van der Waals surface area contributed by atoms with Gasteiger partial charge in [-0.15, -0.1) is 0 Å². The number of benzene rings is 1. The lowest BCUT2D eigenvalue weighted by molar-refractivity contribution is -0.346. The van der Waals surface area contributed by atoms with Gasteiger partial charge in [-0.05, 0) is 24.6 Å². The summed E-state index contributed by atoms with van der Waals surface area (Å²) in [4.78, 5) is 12.6. The van der Waals surface area contributed by atoms with Crippen molar-refractivity contribution in [1.82, 2.24) is 0 Å². The molecule has 0 unspecified atom stereocenters. The lowest BCUT2D eigenvalue weighted by Gasteiger charge is -2.44. The number of ether oxygens (including phenoxy) is 4. The van der Waals surface area contributed by atoms with E-state index in [2.05, 4.69) is 0 Å². The average Bonchev–Trinajstić information content (AvgIpc) is 3.09. The van der Waals surface area contributed by atoms with E-state index in [1.54, 1.807) is 19.1 Å². The third-order valence-electron chi connectivity index (χ3n) is 6.65. The maximum atomic E-state index is 12.6. The van der Waals surface area contributed by atoms with E-state index in [-0.39, 0.29) is 6.42 Å². The summed E-state index contributed by atoms with van der Waals surface area (Å²) in [6.07, 6.45) is -3.29. The molecule has 0 spiro atoms. The lowest BCUT2D eigenvalue weighted by atomic mass is 9.84. The molecule has 2 heterocycles. The van der Waals surface area contributed by atoms with E-state index in [0.717, 1.165) is 5.56 Å². The van der Waals surface area contributed by atoms with E-state index in [1.165, 1.54) is 12.3 Å². The van der Waals surface area contributed by atoms with Gasteiger partial charge in [0.2, 0.25) is 6.29 Å². The number of aliphatic hydroxyl groups is 5. The Balaban J connectivity index is 1.50. The molecule has 3 aliphatic rings. The standard InChI is InChI=1S/C24H30O10/c1-24(34-17(27)8-7-13-5-3-2-4-6-13)11-15(26)14-9-10-31-22(18(14)24)33-23-21(30)20(29)19(28)16(12-25)32-23/h2-10,14-16,18-23,25-26,28-30H,11-12H2,1H3/t14-,15-,16+,18+,19+,20-,21+,22-,23-,24-/m0/s1. The largest absolute Gasteiger partial charge is 0.472 e. The summed E-state index contributed by atoms with van der Waals surface area (Å²) >= 11 is 0. The molecule has 2 fully saturated rings. The molecule has 1 aromatic rings. The Morgan fingerprint density at radius 1 is 1.12 bits per heavy atom. The van der Waals surface area contributed by atoms with Crippen molar-refractivity contribution in [3.8, 4) is 0 Å². The normalized spacial score (nSPS) is 41.8. The molecule has 2 aliphatic heterocycles. The minimum atomic E-state index is -1.63. The van der Waals surface area contributed by atoms with Crippen molar-refractivity contribution in [1.29, 1.82) is 0 Å². The molecular formula is C24H30O10. The third-order valence-corrected chi connectivity index (χ3v) is 6.65. The molecule has 186 valence electrons. The Morgan fingerprint density at radius 2 is 1.85 bits per heavy atom. The van der Waals surface area contributed by atoms with Gasteiger partial charge in [0.1, 0.15) is 30.0 Å². The van der Waals surface area contributed by atoms with Crippen molar-refractivity contribution in [3.63, 3.8) is 0 Å². The second-order valence-corrected chi connectivity index (χ2v) is 9.02. The van der Waals surface area contributed by atoms with Crippen LogP contribution >= 0.6 is 0 Å². The first-order chi connectivity index (χ1) is 16.2. The van der Waals surface area contributed by atoms with Crippen LogP contribution in [0.5, 0.6) is 0 Å². The van der Waals surface area contributed by atoms with Crippen LogP contribution in [0, 0.1) is 11.8 Å². The first-order valence-corrected chi connectivity index (χ1v) is 11.2. The van der Waals surface area contributed by atoms with Gasteiger partial charge in [0.25, 0.3) is 0 Å². The molecule has 4 rings (SSSR count). The molecule has 10 atom stereocenters. The van der Waals surface area contributed by atoms with Gasteiger partial charge in [-0.2, -0.15) is 0 Å². The van der Waals surface area contributed by atoms with Crippen molar-refractivity contribution in [3.05, 3.63) is 54.3 Å². The molecule has 0 bridgehead atoms. The van der Waals surface area contributed by atoms with Crippen LogP contribution in [0.2, 0.25) is 0 Å². The second kappa shape index (κ2) is 10.1. The van der Waals surface area contributed by atoms with Gasteiger partial charge >= 0.3 is 5.97 Å². The molecule has 0 amide bonds. The van der Waals surface area contributed by atoms with Crippen LogP contribution in [-0.4, -0.2) is 86.8 Å². The topological polar surface area (TPSA) is 155 Å². The first kappa shape index (κ1) is 24.8. The molecule has 1 saturated heterocycles. The summed E-state index contributed by atoms with van der Waals surface area (Å²) in [5.41, 5.74) is -0.368. The third kappa shape index (κ3) is 4.89. The number of carbonyl (C=O) groups excluding carboxylic acids is 1. The lowest BCUT2D eigenvalue weighted by Crippen LogP contribution is -2.60. The minimum absolute atomic E-state index is 0.121. The zero-order valence-electron chi connectivity index (χ0n) is 18.6. The van der Waals surface area contributed by atoms with Crippen molar-refractivity contribution in [2.75, 3.05) is 6.61 Å². The zero-order valence-corrected chi connectivity index (χ0v) is 18.6. The molecule has 0 aromatic heterocycles. The summed E-state index contributed by atoms with van der Waals surface area (Å²) in [6, 6.07) is 9.23. The van der Waals surface area contributed by atoms with Crippen LogP contribution in [0.25, 0.3) is 6.08 Å². The van der Waals surface area contributed by atoms with Crippen molar-refractivity contribution in [2.24, 2.45) is 11.8 Å². The molecule has 1 aliphatic carbocycles. The maximum absolute atomic E-state index is 12.6. The van der Waals surface area contributed by atoms with Gasteiger partial charge in [-0.25, -0.2) is 4.79 Å². The quantitative estimate of drug-likeness (QED) is 0.271. The molecule has 5 N–H and O–H groups in total. The Labute approximate surface area is 196 Å². The predicted octanol–water partition coefficient (Wildman–Crippen LogP) is -0.315. The van der Waals surface area contributed by atoms with Gasteiger partial charge in [0.05, 0.1) is 24.9 Å². The summed E-state index contributed by atoms with van der Waals surface area (Å²) in [7, 11) is 0. The van der Waals surface area contributed by atoms with E-state index in [0.29, 0.717) is 0 Å². The summed E-state index contributed by atoms with van der Waals surface area (Å²) < 4.78 is 22.6. The highest BCUT2D eigenvalue weighted by Gasteiger charge is 2.59. The SMILES string of the molecule is C[C@]1(OC(=O)C=Cc2ccccc2)C[C@H](O)[C@@H]2C=CO[C@@H](O[C@@H]3O[C@H](CO)[C@@H](O)[C@H](O)[C@H]3O)[C@@H]21. The Hall–Kier alpha value is -2.31. The second-order valence-electron chi connectivity index (χ2n) is 9.02. The molecule has 1 aromatic carbocycles. The van der Waals surface area contributed by atoms with Gasteiger partial charge in [0.15, 0.2) is 6.29 Å². The van der Waals surface area contributed by atoms with Crippen LogP contribution in [-0.2, 0) is 23.7 Å². The number of aliphatic hydroxyl groups excluding tert-OH is 5. The van der Waals surface area contributed by atoms with E-state index in [1.807, 2.05) is 30.3 Å². The molecule has 10 nitrogen and oxygen atoms in total. The average molecular weight is 478 g/mol. The predicted molar refractivity (Wildman–Crippen MR) is 116 cm³/mol. The zero-order chi connectivity index (χ0) is 24.5. The fraction of sp³-hybridized carbons (Fsp3) is 0.542. The molecule has 0 radical (unpaired) electrons. The fourth-order valence-electron chi connectivity index (χ4n) is 4.88.